The molecular weight excluding hydrogens is 411 g/mol. The largest absolute Gasteiger partial charge is 0.439 e. The van der Waals surface area contributed by atoms with Crippen LogP contribution in [0.15, 0.2) is 67.0 Å². The van der Waals surface area contributed by atoms with Crippen LogP contribution in [0, 0.1) is 11.3 Å². The molecule has 0 saturated heterocycles. The lowest BCUT2D eigenvalue weighted by Crippen LogP contribution is -2.18. The van der Waals surface area contributed by atoms with Crippen molar-refractivity contribution in [3.05, 3.63) is 78.4 Å². The lowest BCUT2D eigenvalue weighted by molar-refractivity contribution is -0.137. The van der Waals surface area contributed by atoms with Crippen LogP contribution in [0.5, 0.6) is 11.6 Å². The summed E-state index contributed by atoms with van der Waals surface area (Å²) in [5.41, 5.74) is -0.301. The first-order chi connectivity index (χ1) is 14.8. The minimum atomic E-state index is -4.50. The number of nitrogens with zero attached hydrogens (tertiary/aromatic N) is 4. The molecule has 0 fully saturated rings. The maximum atomic E-state index is 12.9. The molecule has 10 heteroatoms. The van der Waals surface area contributed by atoms with Crippen LogP contribution in [0.1, 0.15) is 11.4 Å². The van der Waals surface area contributed by atoms with E-state index in [4.69, 9.17) is 10.00 Å². The normalized spacial score (nSPS) is 11.2. The lowest BCUT2D eigenvalue weighted by Gasteiger charge is -2.11. The van der Waals surface area contributed by atoms with Crippen LogP contribution in [-0.2, 0) is 6.18 Å². The van der Waals surface area contributed by atoms with Crippen LogP contribution in [0.4, 0.5) is 23.7 Å². The summed E-state index contributed by atoms with van der Waals surface area (Å²) in [4.78, 5) is 20.3. The van der Waals surface area contributed by atoms with E-state index in [1.54, 1.807) is 24.3 Å². The number of benzene rings is 2. The Balaban J connectivity index is 1.55. The highest BCUT2D eigenvalue weighted by atomic mass is 19.4. The number of fused-ring (bicyclic) bond motifs is 1. The molecule has 0 aliphatic rings. The van der Waals surface area contributed by atoms with E-state index < -0.39 is 17.8 Å². The maximum Gasteiger partial charge on any atom is 0.416 e. The van der Waals surface area contributed by atoms with Crippen molar-refractivity contribution in [2.75, 3.05) is 5.32 Å². The molecule has 0 saturated carbocycles. The van der Waals surface area contributed by atoms with Crippen molar-refractivity contribution in [2.45, 2.75) is 6.18 Å². The third-order valence-electron chi connectivity index (χ3n) is 4.27. The summed E-state index contributed by atoms with van der Waals surface area (Å²) in [6, 6.07) is 13.7. The first-order valence-electron chi connectivity index (χ1n) is 8.84. The molecule has 2 heterocycles. The molecule has 154 valence electrons. The van der Waals surface area contributed by atoms with Crippen molar-refractivity contribution >= 4 is 22.6 Å². The fourth-order valence-corrected chi connectivity index (χ4v) is 2.89. The second-order valence-electron chi connectivity index (χ2n) is 6.35. The molecule has 0 radical (unpaired) electrons. The Bertz CT molecular complexity index is 1320. The summed E-state index contributed by atoms with van der Waals surface area (Å²) < 4.78 is 45.5. The maximum absolute atomic E-state index is 12.9. The van der Waals surface area contributed by atoms with Gasteiger partial charge >= 0.3 is 12.2 Å². The van der Waals surface area contributed by atoms with Crippen LogP contribution < -0.4 is 10.1 Å². The van der Waals surface area contributed by atoms with Gasteiger partial charge in [0, 0.05) is 29.5 Å². The van der Waals surface area contributed by atoms with Gasteiger partial charge in [0.1, 0.15) is 11.8 Å². The minimum absolute atomic E-state index is 0.0266. The third kappa shape index (κ3) is 4.30. The Morgan fingerprint density at radius 1 is 1.13 bits per heavy atom. The monoisotopic (exact) mass is 423 g/mol. The molecule has 0 aliphatic carbocycles. The Kier molecular flexibility index (Phi) is 5.00. The average molecular weight is 423 g/mol. The van der Waals surface area contributed by atoms with Crippen molar-refractivity contribution in [1.29, 1.82) is 5.26 Å². The molecule has 0 aliphatic heterocycles. The van der Waals surface area contributed by atoms with Gasteiger partial charge in [0.15, 0.2) is 0 Å². The van der Waals surface area contributed by atoms with Crippen molar-refractivity contribution in [2.24, 2.45) is 0 Å². The molecule has 2 aromatic heterocycles. The van der Waals surface area contributed by atoms with E-state index in [-0.39, 0.29) is 17.4 Å². The molecule has 0 unspecified atom stereocenters. The number of nitrogens with one attached hydrogen (secondary N) is 1. The van der Waals surface area contributed by atoms with E-state index in [1.165, 1.54) is 35.2 Å². The van der Waals surface area contributed by atoms with Gasteiger partial charge in [0.2, 0.25) is 11.7 Å². The van der Waals surface area contributed by atoms with Crippen molar-refractivity contribution in [3.8, 4) is 17.7 Å². The Hall–Kier alpha value is -4.39. The van der Waals surface area contributed by atoms with Crippen LogP contribution in [0.2, 0.25) is 0 Å². The summed E-state index contributed by atoms with van der Waals surface area (Å²) in [6.45, 7) is 0. The highest BCUT2D eigenvalue weighted by Gasteiger charge is 2.30. The van der Waals surface area contributed by atoms with Gasteiger partial charge < -0.3 is 10.1 Å². The number of amides is 1. The number of alkyl halides is 3. The topological polar surface area (TPSA) is 92.8 Å². The SMILES string of the molecule is N#Cc1nccc(Oc2ccc3c(ccn3C(=O)Nc3cccc(C(F)(F)F)c3)c2)n1. The molecule has 0 spiro atoms. The third-order valence-corrected chi connectivity index (χ3v) is 4.27. The highest BCUT2D eigenvalue weighted by Crippen LogP contribution is 2.31. The van der Waals surface area contributed by atoms with E-state index in [0.29, 0.717) is 16.7 Å². The number of hydrogen-bond acceptors (Lipinski definition) is 5. The molecule has 2 aromatic carbocycles. The smallest absolute Gasteiger partial charge is 0.416 e. The summed E-state index contributed by atoms with van der Waals surface area (Å²) in [6.07, 6.45) is -1.61. The number of rotatable bonds is 3. The standard InChI is InChI=1S/C21H12F3N5O2/c22-21(23,24)14-2-1-3-15(11-14)27-20(30)29-9-7-13-10-16(4-5-17(13)29)31-19-6-8-26-18(12-25)28-19/h1-11H,(H,27,30). The number of anilines is 1. The van der Waals surface area contributed by atoms with Crippen molar-refractivity contribution < 1.29 is 22.7 Å². The van der Waals surface area contributed by atoms with Crippen LogP contribution in [-0.4, -0.2) is 20.6 Å². The quantitative estimate of drug-likeness (QED) is 0.489. The number of carbonyl (C=O) groups excluding carboxylic acids is 1. The molecule has 1 N–H and O–H groups in total. The van der Waals surface area contributed by atoms with Gasteiger partial charge in [-0.05, 0) is 42.5 Å². The predicted octanol–water partition coefficient (Wildman–Crippen LogP) is 5.19. The second kappa shape index (κ2) is 7.79. The number of hydrogen-bond donors (Lipinski definition) is 1. The number of nitriles is 1. The second-order valence-corrected chi connectivity index (χ2v) is 6.35. The fraction of sp³-hybridized carbons (Fsp3) is 0.0476. The van der Waals surface area contributed by atoms with E-state index in [9.17, 15) is 18.0 Å². The first kappa shape index (κ1) is 19.9. The van der Waals surface area contributed by atoms with E-state index in [2.05, 4.69) is 15.3 Å². The Labute approximate surface area is 173 Å². The lowest BCUT2D eigenvalue weighted by atomic mass is 10.2. The molecule has 7 nitrogen and oxygen atoms in total. The van der Waals surface area contributed by atoms with Gasteiger partial charge in [-0.2, -0.15) is 23.4 Å². The van der Waals surface area contributed by atoms with E-state index >= 15 is 0 Å². The van der Waals surface area contributed by atoms with Gasteiger partial charge in [-0.1, -0.05) is 6.07 Å². The minimum Gasteiger partial charge on any atom is -0.439 e. The van der Waals surface area contributed by atoms with Crippen molar-refractivity contribution in [3.63, 3.8) is 0 Å². The van der Waals surface area contributed by atoms with Crippen LogP contribution in [0.25, 0.3) is 10.9 Å². The van der Waals surface area contributed by atoms with Gasteiger partial charge in [0.25, 0.3) is 0 Å². The summed E-state index contributed by atoms with van der Waals surface area (Å²) >= 11 is 0. The van der Waals surface area contributed by atoms with E-state index in [1.807, 2.05) is 6.07 Å². The molecule has 4 rings (SSSR count). The van der Waals surface area contributed by atoms with Gasteiger partial charge in [-0.15, -0.1) is 0 Å². The van der Waals surface area contributed by atoms with Crippen LogP contribution in [0.3, 0.4) is 0 Å². The molecule has 0 atom stereocenters. The average Bonchev–Trinajstić information content (AvgIpc) is 3.17. The summed E-state index contributed by atoms with van der Waals surface area (Å²) in [5.74, 6) is 0.578. The predicted molar refractivity (Wildman–Crippen MR) is 105 cm³/mol. The zero-order valence-corrected chi connectivity index (χ0v) is 15.6. The van der Waals surface area contributed by atoms with Crippen molar-refractivity contribution in [1.82, 2.24) is 14.5 Å². The highest BCUT2D eigenvalue weighted by molar-refractivity contribution is 5.98. The van der Waals surface area contributed by atoms with Gasteiger partial charge in [-0.3, -0.25) is 4.57 Å². The Morgan fingerprint density at radius 2 is 1.97 bits per heavy atom. The van der Waals surface area contributed by atoms with E-state index in [0.717, 1.165) is 12.1 Å². The fourth-order valence-electron chi connectivity index (χ4n) is 2.89. The molecule has 1 amide bonds. The molecule has 31 heavy (non-hydrogen) atoms. The zero-order valence-electron chi connectivity index (χ0n) is 15.6. The summed E-state index contributed by atoms with van der Waals surface area (Å²) in [7, 11) is 0. The van der Waals surface area contributed by atoms with Gasteiger partial charge in [0.05, 0.1) is 11.1 Å². The molecule has 4 aromatic rings. The number of carbonyl (C=O) groups is 1. The first-order valence-corrected chi connectivity index (χ1v) is 8.84. The molecular formula is C21H12F3N5O2. The Morgan fingerprint density at radius 3 is 2.74 bits per heavy atom. The molecule has 0 bridgehead atoms. The summed E-state index contributed by atoms with van der Waals surface area (Å²) in [5, 5.41) is 12.0. The number of ether oxygens (including phenoxy) is 1. The number of aromatic nitrogens is 3. The van der Waals surface area contributed by atoms with Crippen LogP contribution >= 0.6 is 0 Å². The zero-order chi connectivity index (χ0) is 22.0. The number of halogens is 3. The van der Waals surface area contributed by atoms with Gasteiger partial charge in [-0.25, -0.2) is 9.78 Å².